The number of carbonyl (C=O) groups excluding carboxylic acids is 1. The molecule has 0 saturated heterocycles. The van der Waals surface area contributed by atoms with Crippen LogP contribution >= 0.6 is 0 Å². The van der Waals surface area contributed by atoms with Gasteiger partial charge in [0.2, 0.25) is 5.91 Å². The zero-order valence-electron chi connectivity index (χ0n) is 13.0. The van der Waals surface area contributed by atoms with Crippen molar-refractivity contribution in [1.29, 1.82) is 0 Å². The van der Waals surface area contributed by atoms with Crippen molar-refractivity contribution in [2.24, 2.45) is 0 Å². The predicted molar refractivity (Wildman–Crippen MR) is 89.4 cm³/mol. The molecule has 2 N–H and O–H groups in total. The van der Waals surface area contributed by atoms with E-state index >= 15 is 0 Å². The lowest BCUT2D eigenvalue weighted by molar-refractivity contribution is -0.119. The summed E-state index contributed by atoms with van der Waals surface area (Å²) in [5.74, 6) is 1.12. The highest BCUT2D eigenvalue weighted by atomic mass is 16.5. The molecule has 122 valence electrons. The molecule has 0 saturated carbocycles. The monoisotopic (exact) mass is 324 g/mol. The third kappa shape index (κ3) is 3.93. The summed E-state index contributed by atoms with van der Waals surface area (Å²) >= 11 is 0. The quantitative estimate of drug-likeness (QED) is 0.720. The van der Waals surface area contributed by atoms with Crippen LogP contribution in [0.4, 0.5) is 17.2 Å². The van der Waals surface area contributed by atoms with Gasteiger partial charge in [0.05, 0.1) is 0 Å². The summed E-state index contributed by atoms with van der Waals surface area (Å²) in [5, 5.41) is 10.1. The summed E-state index contributed by atoms with van der Waals surface area (Å²) in [6.07, 6.45) is 4.97. The minimum absolute atomic E-state index is 0.0249. The molecule has 0 atom stereocenters. The van der Waals surface area contributed by atoms with Crippen molar-refractivity contribution < 1.29 is 9.53 Å². The van der Waals surface area contributed by atoms with E-state index in [0.29, 0.717) is 17.3 Å². The molecule has 0 spiro atoms. The van der Waals surface area contributed by atoms with Gasteiger partial charge in [-0.1, -0.05) is 0 Å². The Morgan fingerprint density at radius 1 is 1.21 bits per heavy atom. The van der Waals surface area contributed by atoms with E-state index in [2.05, 4.69) is 25.7 Å². The van der Waals surface area contributed by atoms with Gasteiger partial charge >= 0.3 is 0 Å². The molecule has 1 aromatic carbocycles. The Morgan fingerprint density at radius 2 is 2.00 bits per heavy atom. The second-order valence-electron chi connectivity index (χ2n) is 4.90. The van der Waals surface area contributed by atoms with E-state index in [4.69, 9.17) is 4.74 Å². The minimum atomic E-state index is -0.196. The van der Waals surface area contributed by atoms with Gasteiger partial charge in [0.1, 0.15) is 18.8 Å². The molecule has 0 radical (unpaired) electrons. The molecule has 0 fully saturated rings. The number of anilines is 3. The van der Waals surface area contributed by atoms with E-state index in [1.807, 2.05) is 24.4 Å². The molecule has 2 aromatic heterocycles. The number of aromatic nitrogens is 4. The van der Waals surface area contributed by atoms with Crippen LogP contribution in [0.1, 0.15) is 0 Å². The number of nitrogens with zero attached hydrogens (tertiary/aromatic N) is 4. The fourth-order valence-electron chi connectivity index (χ4n) is 2.06. The first-order valence-corrected chi connectivity index (χ1v) is 7.22. The van der Waals surface area contributed by atoms with E-state index in [0.717, 1.165) is 5.69 Å². The first-order chi connectivity index (χ1) is 11.7. The zero-order valence-corrected chi connectivity index (χ0v) is 13.0. The van der Waals surface area contributed by atoms with Gasteiger partial charge in [-0.3, -0.25) is 4.79 Å². The Hall–Kier alpha value is -3.26. The number of rotatable bonds is 6. The Bertz CT molecular complexity index is 802. The van der Waals surface area contributed by atoms with Crippen LogP contribution in [0, 0.1) is 0 Å². The van der Waals surface area contributed by atoms with Crippen molar-refractivity contribution in [1.82, 2.24) is 19.7 Å². The molecule has 8 nitrogen and oxygen atoms in total. The Kier molecular flexibility index (Phi) is 4.78. The lowest BCUT2D eigenvalue weighted by Crippen LogP contribution is -2.16. The number of carbonyl (C=O) groups is 1. The number of hydrogen-bond acceptors (Lipinski definition) is 6. The third-order valence-corrected chi connectivity index (χ3v) is 3.11. The van der Waals surface area contributed by atoms with Gasteiger partial charge in [-0.2, -0.15) is 5.10 Å². The molecule has 1 amide bonds. The molecule has 3 aromatic rings. The van der Waals surface area contributed by atoms with Crippen molar-refractivity contribution in [3.8, 4) is 5.82 Å². The molecule has 8 heteroatoms. The highest BCUT2D eigenvalue weighted by Crippen LogP contribution is 2.18. The molecule has 24 heavy (non-hydrogen) atoms. The highest BCUT2D eigenvalue weighted by Gasteiger charge is 2.04. The summed E-state index contributed by atoms with van der Waals surface area (Å²) in [5.41, 5.74) is 1.53. The van der Waals surface area contributed by atoms with Gasteiger partial charge in [-0.05, 0) is 30.3 Å². The Labute approximate surface area is 138 Å². The standard InChI is InChI=1S/C16H16N6O2/c1-24-10-16(23)21-13-5-3-12(4-6-13)20-14-9-15(18-11-17-14)22-8-2-7-19-22/h2-9,11H,10H2,1H3,(H,21,23)(H,17,18,20). The molecule has 0 aliphatic carbocycles. The normalized spacial score (nSPS) is 10.4. The number of amides is 1. The molecule has 0 unspecified atom stereocenters. The fraction of sp³-hybridized carbons (Fsp3) is 0.125. The molecule has 0 bridgehead atoms. The van der Waals surface area contributed by atoms with Crippen LogP contribution in [0.15, 0.2) is 55.1 Å². The average Bonchev–Trinajstić information content (AvgIpc) is 3.12. The third-order valence-electron chi connectivity index (χ3n) is 3.11. The van der Waals surface area contributed by atoms with Crippen LogP contribution in [0.5, 0.6) is 0 Å². The Morgan fingerprint density at radius 3 is 2.71 bits per heavy atom. The van der Waals surface area contributed by atoms with E-state index in [9.17, 15) is 4.79 Å². The van der Waals surface area contributed by atoms with Crippen molar-refractivity contribution in [2.45, 2.75) is 0 Å². The number of nitrogens with one attached hydrogen (secondary N) is 2. The summed E-state index contributed by atoms with van der Waals surface area (Å²) in [7, 11) is 1.48. The first kappa shape index (κ1) is 15.6. The second kappa shape index (κ2) is 7.34. The van der Waals surface area contributed by atoms with Crippen LogP contribution in [0.25, 0.3) is 5.82 Å². The summed E-state index contributed by atoms with van der Waals surface area (Å²) in [6.45, 7) is 0.0249. The first-order valence-electron chi connectivity index (χ1n) is 7.22. The van der Waals surface area contributed by atoms with Gasteiger partial charge in [0, 0.05) is 36.9 Å². The van der Waals surface area contributed by atoms with Crippen LogP contribution in [-0.2, 0) is 9.53 Å². The number of hydrogen-bond donors (Lipinski definition) is 2. The maximum Gasteiger partial charge on any atom is 0.250 e. The lowest BCUT2D eigenvalue weighted by atomic mass is 10.2. The predicted octanol–water partition coefficient (Wildman–Crippen LogP) is 1.99. The Balaban J connectivity index is 1.68. The summed E-state index contributed by atoms with van der Waals surface area (Å²) in [6, 6.07) is 10.9. The molecule has 2 heterocycles. The maximum atomic E-state index is 11.5. The smallest absolute Gasteiger partial charge is 0.250 e. The summed E-state index contributed by atoms with van der Waals surface area (Å²) in [4.78, 5) is 19.8. The average molecular weight is 324 g/mol. The van der Waals surface area contributed by atoms with Gasteiger partial charge in [0.25, 0.3) is 0 Å². The second-order valence-corrected chi connectivity index (χ2v) is 4.90. The molecule has 0 aliphatic rings. The SMILES string of the molecule is COCC(=O)Nc1ccc(Nc2cc(-n3cccn3)ncn2)cc1. The maximum absolute atomic E-state index is 11.5. The van der Waals surface area contributed by atoms with Crippen molar-refractivity contribution in [3.63, 3.8) is 0 Å². The molecule has 3 rings (SSSR count). The van der Waals surface area contributed by atoms with E-state index in [1.165, 1.54) is 13.4 Å². The van der Waals surface area contributed by atoms with Crippen LogP contribution < -0.4 is 10.6 Å². The van der Waals surface area contributed by atoms with Gasteiger partial charge in [-0.25, -0.2) is 14.6 Å². The number of methoxy groups -OCH3 is 1. The summed E-state index contributed by atoms with van der Waals surface area (Å²) < 4.78 is 6.43. The van der Waals surface area contributed by atoms with Crippen molar-refractivity contribution >= 4 is 23.1 Å². The molecular formula is C16H16N6O2. The largest absolute Gasteiger partial charge is 0.375 e. The minimum Gasteiger partial charge on any atom is -0.375 e. The van der Waals surface area contributed by atoms with E-state index < -0.39 is 0 Å². The fourth-order valence-corrected chi connectivity index (χ4v) is 2.06. The van der Waals surface area contributed by atoms with Crippen LogP contribution in [0.2, 0.25) is 0 Å². The number of ether oxygens (including phenoxy) is 1. The highest BCUT2D eigenvalue weighted by molar-refractivity contribution is 5.91. The van der Waals surface area contributed by atoms with Crippen LogP contribution in [0.3, 0.4) is 0 Å². The molecule has 0 aliphatic heterocycles. The van der Waals surface area contributed by atoms with Gasteiger partial charge in [-0.15, -0.1) is 0 Å². The van der Waals surface area contributed by atoms with E-state index in [-0.39, 0.29) is 12.5 Å². The topological polar surface area (TPSA) is 94.0 Å². The van der Waals surface area contributed by atoms with Gasteiger partial charge in [0.15, 0.2) is 5.82 Å². The van der Waals surface area contributed by atoms with Crippen molar-refractivity contribution in [3.05, 3.63) is 55.1 Å². The van der Waals surface area contributed by atoms with E-state index in [1.54, 1.807) is 29.1 Å². The van der Waals surface area contributed by atoms with Crippen LogP contribution in [-0.4, -0.2) is 39.4 Å². The van der Waals surface area contributed by atoms with Crippen molar-refractivity contribution in [2.75, 3.05) is 24.4 Å². The lowest BCUT2D eigenvalue weighted by Gasteiger charge is -2.09. The molecular weight excluding hydrogens is 308 g/mol. The van der Waals surface area contributed by atoms with Gasteiger partial charge < -0.3 is 15.4 Å². The zero-order chi connectivity index (χ0) is 16.8. The number of benzene rings is 1.